The van der Waals surface area contributed by atoms with Crippen molar-refractivity contribution in [2.75, 3.05) is 33.5 Å². The average Bonchev–Trinajstić information content (AvgIpc) is 3.30. The van der Waals surface area contributed by atoms with Gasteiger partial charge in [0.15, 0.2) is 11.5 Å². The summed E-state index contributed by atoms with van der Waals surface area (Å²) in [5.74, 6) is 3.32. The molecule has 3 heteroatoms. The molecule has 0 radical (unpaired) electrons. The lowest BCUT2D eigenvalue weighted by Crippen LogP contribution is -2.45. The van der Waals surface area contributed by atoms with Crippen molar-refractivity contribution in [3.8, 4) is 11.5 Å². The van der Waals surface area contributed by atoms with Gasteiger partial charge >= 0.3 is 0 Å². The Morgan fingerprint density at radius 3 is 2.81 bits per heavy atom. The topological polar surface area (TPSA) is 18.5 Å². The van der Waals surface area contributed by atoms with Crippen LogP contribution in [0.15, 0.2) is 42.5 Å². The lowest BCUT2D eigenvalue weighted by molar-refractivity contribution is -0.899. The standard InChI is InChI=1S/C23H28NO2/c1-24(13-12-18(14-24)17-6-3-2-4-7-17)15-19-8-5-9-21-20(19)10-11-22-23(21)26-16-25-22/h2-4,6-7,10-11,18-19H,5,8-9,12-16H2,1H3/q+1/t18-,19-,24?/m0/s1. The highest BCUT2D eigenvalue weighted by Crippen LogP contribution is 2.45. The smallest absolute Gasteiger partial charge is 0.231 e. The van der Waals surface area contributed by atoms with Gasteiger partial charge in [-0.15, -0.1) is 0 Å². The van der Waals surface area contributed by atoms with E-state index in [0.29, 0.717) is 18.6 Å². The summed E-state index contributed by atoms with van der Waals surface area (Å²) in [6, 6.07) is 15.5. The number of ether oxygens (including phenoxy) is 2. The van der Waals surface area contributed by atoms with Gasteiger partial charge < -0.3 is 14.0 Å². The van der Waals surface area contributed by atoms with Crippen LogP contribution in [-0.2, 0) is 6.42 Å². The number of fused-ring (bicyclic) bond motifs is 3. The van der Waals surface area contributed by atoms with Crippen molar-refractivity contribution in [2.45, 2.75) is 37.5 Å². The molecule has 2 aliphatic heterocycles. The fourth-order valence-corrected chi connectivity index (χ4v) is 5.43. The summed E-state index contributed by atoms with van der Waals surface area (Å²) in [4.78, 5) is 0. The second-order valence-corrected chi connectivity index (χ2v) is 8.56. The van der Waals surface area contributed by atoms with E-state index in [9.17, 15) is 0 Å². The lowest BCUT2D eigenvalue weighted by atomic mass is 9.81. The first-order valence-corrected chi connectivity index (χ1v) is 10.0. The molecule has 2 heterocycles. The van der Waals surface area contributed by atoms with Gasteiger partial charge in [0.2, 0.25) is 6.79 Å². The van der Waals surface area contributed by atoms with Gasteiger partial charge in [-0.2, -0.15) is 0 Å². The molecule has 1 unspecified atom stereocenters. The van der Waals surface area contributed by atoms with Gasteiger partial charge in [-0.3, -0.25) is 0 Å². The highest BCUT2D eigenvalue weighted by atomic mass is 16.7. The minimum Gasteiger partial charge on any atom is -0.454 e. The van der Waals surface area contributed by atoms with Gasteiger partial charge in [-0.05, 0) is 36.5 Å². The third-order valence-electron chi connectivity index (χ3n) is 6.71. The van der Waals surface area contributed by atoms with Crippen LogP contribution in [0.25, 0.3) is 0 Å². The van der Waals surface area contributed by atoms with Crippen LogP contribution < -0.4 is 9.47 Å². The van der Waals surface area contributed by atoms with E-state index in [2.05, 4.69) is 49.5 Å². The maximum absolute atomic E-state index is 5.79. The minimum absolute atomic E-state index is 0.378. The van der Waals surface area contributed by atoms with Gasteiger partial charge in [0.05, 0.1) is 26.7 Å². The number of benzene rings is 2. The minimum atomic E-state index is 0.378. The summed E-state index contributed by atoms with van der Waals surface area (Å²) in [5.41, 5.74) is 4.45. The van der Waals surface area contributed by atoms with Crippen LogP contribution in [0.3, 0.4) is 0 Å². The number of likely N-dealkylation sites (tertiary alicyclic amines) is 1. The Bertz CT molecular complexity index is 803. The number of quaternary nitrogens is 1. The molecule has 1 aliphatic carbocycles. The normalized spacial score (nSPS) is 29.6. The van der Waals surface area contributed by atoms with E-state index in [1.807, 2.05) is 0 Å². The molecule has 0 bridgehead atoms. The molecule has 3 nitrogen and oxygen atoms in total. The van der Waals surface area contributed by atoms with E-state index in [-0.39, 0.29) is 0 Å². The van der Waals surface area contributed by atoms with Crippen LogP contribution in [-0.4, -0.2) is 38.0 Å². The third-order valence-corrected chi connectivity index (χ3v) is 6.71. The Kier molecular flexibility index (Phi) is 3.93. The summed E-state index contributed by atoms with van der Waals surface area (Å²) in [6.07, 6.45) is 5.01. The molecule has 0 spiro atoms. The summed E-state index contributed by atoms with van der Waals surface area (Å²) in [5, 5.41) is 0. The predicted molar refractivity (Wildman–Crippen MR) is 103 cm³/mol. The zero-order chi connectivity index (χ0) is 17.6. The molecule has 0 amide bonds. The molecule has 1 fully saturated rings. The zero-order valence-corrected chi connectivity index (χ0v) is 15.6. The van der Waals surface area contributed by atoms with Gasteiger partial charge in [-0.25, -0.2) is 0 Å². The molecular formula is C23H28NO2+. The Morgan fingerprint density at radius 2 is 1.92 bits per heavy atom. The van der Waals surface area contributed by atoms with Crippen molar-refractivity contribution in [1.82, 2.24) is 0 Å². The van der Waals surface area contributed by atoms with Crippen molar-refractivity contribution in [3.63, 3.8) is 0 Å². The maximum Gasteiger partial charge on any atom is 0.231 e. The molecule has 3 aliphatic rings. The van der Waals surface area contributed by atoms with E-state index in [0.717, 1.165) is 17.9 Å². The van der Waals surface area contributed by atoms with E-state index in [4.69, 9.17) is 9.47 Å². The van der Waals surface area contributed by atoms with Crippen molar-refractivity contribution in [1.29, 1.82) is 0 Å². The SMILES string of the molecule is C[N+]1(C[C@@H]2CCCc3c2ccc2c3OCO2)CC[C@H](c2ccccc2)C1. The fraction of sp³-hybridized carbons (Fsp3) is 0.478. The van der Waals surface area contributed by atoms with Gasteiger partial charge in [0.1, 0.15) is 0 Å². The Morgan fingerprint density at radius 1 is 1.04 bits per heavy atom. The number of likely N-dealkylation sites (N-methyl/N-ethyl adjacent to an activating group) is 1. The van der Waals surface area contributed by atoms with E-state index in [1.165, 1.54) is 60.1 Å². The monoisotopic (exact) mass is 350 g/mol. The number of nitrogens with zero attached hydrogens (tertiary/aromatic N) is 1. The molecule has 2 aromatic rings. The summed E-state index contributed by atoms with van der Waals surface area (Å²) < 4.78 is 12.6. The third kappa shape index (κ3) is 2.79. The van der Waals surface area contributed by atoms with Crippen molar-refractivity contribution < 1.29 is 14.0 Å². The summed E-state index contributed by atoms with van der Waals surface area (Å²) in [7, 11) is 2.46. The van der Waals surface area contributed by atoms with Crippen molar-refractivity contribution in [2.24, 2.45) is 0 Å². The zero-order valence-electron chi connectivity index (χ0n) is 15.6. The summed E-state index contributed by atoms with van der Waals surface area (Å²) >= 11 is 0. The number of hydrogen-bond donors (Lipinski definition) is 0. The van der Waals surface area contributed by atoms with Crippen molar-refractivity contribution >= 4 is 0 Å². The largest absolute Gasteiger partial charge is 0.454 e. The Labute approximate surface area is 156 Å². The molecule has 0 N–H and O–H groups in total. The molecule has 0 saturated carbocycles. The van der Waals surface area contributed by atoms with Gasteiger partial charge in [0.25, 0.3) is 0 Å². The number of rotatable bonds is 3. The van der Waals surface area contributed by atoms with Crippen LogP contribution in [0, 0.1) is 0 Å². The maximum atomic E-state index is 5.79. The van der Waals surface area contributed by atoms with Crippen LogP contribution >= 0.6 is 0 Å². The first-order chi connectivity index (χ1) is 12.7. The van der Waals surface area contributed by atoms with E-state index >= 15 is 0 Å². The lowest BCUT2D eigenvalue weighted by Gasteiger charge is -2.36. The summed E-state index contributed by atoms with van der Waals surface area (Å²) in [6.45, 7) is 4.18. The molecule has 3 atom stereocenters. The molecule has 1 saturated heterocycles. The van der Waals surface area contributed by atoms with E-state index < -0.39 is 0 Å². The molecule has 0 aromatic heterocycles. The highest BCUT2D eigenvalue weighted by Gasteiger charge is 2.39. The van der Waals surface area contributed by atoms with E-state index in [1.54, 1.807) is 0 Å². The predicted octanol–water partition coefficient (Wildman–Crippen LogP) is 4.47. The van der Waals surface area contributed by atoms with Crippen LogP contribution in [0.2, 0.25) is 0 Å². The average molecular weight is 350 g/mol. The second kappa shape index (κ2) is 6.31. The number of hydrogen-bond acceptors (Lipinski definition) is 2. The molecule has 2 aromatic carbocycles. The second-order valence-electron chi connectivity index (χ2n) is 8.56. The molecule has 136 valence electrons. The fourth-order valence-electron chi connectivity index (χ4n) is 5.43. The quantitative estimate of drug-likeness (QED) is 0.761. The molecule has 5 rings (SSSR count). The van der Waals surface area contributed by atoms with Crippen LogP contribution in [0.1, 0.15) is 47.8 Å². The molecular weight excluding hydrogens is 322 g/mol. The Hall–Kier alpha value is -2.00. The van der Waals surface area contributed by atoms with Gasteiger partial charge in [-0.1, -0.05) is 36.4 Å². The van der Waals surface area contributed by atoms with Crippen LogP contribution in [0.5, 0.6) is 11.5 Å². The highest BCUT2D eigenvalue weighted by molar-refractivity contribution is 5.54. The first kappa shape index (κ1) is 16.2. The van der Waals surface area contributed by atoms with Crippen molar-refractivity contribution in [3.05, 3.63) is 59.2 Å². The molecule has 26 heavy (non-hydrogen) atoms. The Balaban J connectivity index is 1.36. The first-order valence-electron chi connectivity index (χ1n) is 10.0. The van der Waals surface area contributed by atoms with Crippen LogP contribution in [0.4, 0.5) is 0 Å². The van der Waals surface area contributed by atoms with Gasteiger partial charge in [0, 0.05) is 23.8 Å².